The molecule has 39 heteroatoms. The molecule has 2 saturated heterocycles. The van der Waals surface area contributed by atoms with E-state index >= 15 is 0 Å². The number of likely N-dealkylation sites (tertiary alicyclic amines) is 2. The predicted molar refractivity (Wildman–Crippen MR) is 348 cm³/mol. The van der Waals surface area contributed by atoms with Crippen LogP contribution in [-0.4, -0.2) is 226 Å². The first-order valence-corrected chi connectivity index (χ1v) is 32.2. The van der Waals surface area contributed by atoms with Gasteiger partial charge in [0.1, 0.15) is 48.3 Å². The highest BCUT2D eigenvalue weighted by Gasteiger charge is 2.46. The second-order valence-electron chi connectivity index (χ2n) is 22.3. The van der Waals surface area contributed by atoms with Crippen LogP contribution in [0, 0.1) is 0 Å². The molecule has 0 aliphatic carbocycles. The van der Waals surface area contributed by atoms with E-state index in [9.17, 15) is 76.4 Å². The Kier molecular flexibility index (Phi) is 32.8. The van der Waals surface area contributed by atoms with Gasteiger partial charge < -0.3 is 108 Å². The van der Waals surface area contributed by atoms with Crippen molar-refractivity contribution >= 4 is 106 Å². The van der Waals surface area contributed by atoms with Crippen LogP contribution in [0.3, 0.4) is 0 Å². The van der Waals surface area contributed by atoms with Gasteiger partial charge in [-0.2, -0.15) is 13.2 Å². The van der Waals surface area contributed by atoms with E-state index in [0.717, 1.165) is 4.90 Å². The minimum atomic E-state index is -5.08. The van der Waals surface area contributed by atoms with Crippen LogP contribution < -0.4 is 77.4 Å². The third kappa shape index (κ3) is 27.9. The number of halogens is 3. The smallest absolute Gasteiger partial charge is 0.480 e. The number of guanidine groups is 3. The molecule has 10 atom stereocenters. The normalized spacial score (nSPS) is 17.1. The third-order valence-corrected chi connectivity index (χ3v) is 16.6. The number of aliphatic carboxylic acids is 2. The standard InChI is InChI=1S/C56H83N19O13S2.C2HF3O2/c57-35(14-4-18-64-54(58)59)45(79)69-36(15-5-19-65-55(60)61)51(85)74-21-7-17-42(74)52(86)75-29-32(77)25-43(75)50(84)67-28-44(78)68-39(26-33-12-8-22-89-33)47(81)73-41(30-76)49(83)71-38(24-31-10-2-1-3-11-31)46(80)72-40(27-34-13-9-23-90-34)48(82)70-37(53(87)88)16-6-20-66-56(62)63;3-2(4,5)1(6)7/h1-3,8-13,22-23,32,35-43,76-77H,4-7,14-21,24-30,57H2,(H,67,84)(H,68,78)(H,69,79)(H,70,82)(H,71,83)(H,72,80)(H,73,81)(H,87,88)(H4,58,59,64)(H4,60,61,65)(H4,62,63,66);(H,6,7)/t32-,35-,36+,37+,38-,39+,40+,41+,42+,43+;/m1./s1. The number of aliphatic imine (C=N–C) groups is 3. The molecule has 534 valence electrons. The molecule has 34 nitrogen and oxygen atoms in total. The molecular weight excluding hydrogens is 1320 g/mol. The lowest BCUT2D eigenvalue weighted by molar-refractivity contribution is -0.192. The van der Waals surface area contributed by atoms with Crippen LogP contribution >= 0.6 is 22.7 Å². The number of carbonyl (C=O) groups excluding carboxylic acids is 9. The van der Waals surface area contributed by atoms with Gasteiger partial charge in [-0.1, -0.05) is 42.5 Å². The number of nitrogens with two attached hydrogens (primary N) is 7. The third-order valence-electron chi connectivity index (χ3n) is 14.8. The van der Waals surface area contributed by atoms with Crippen molar-refractivity contribution in [1.82, 2.24) is 47.0 Å². The molecule has 2 aliphatic rings. The summed E-state index contributed by atoms with van der Waals surface area (Å²) in [6.07, 6.45) is -5.27. The number of carboxylic acids is 2. The number of β-amino-alcohol motifs (C(OH)–C–C–N with tert-alkyl or cyclic N) is 1. The largest absolute Gasteiger partial charge is 0.490 e. The number of amides is 9. The fourth-order valence-corrected chi connectivity index (χ4v) is 11.5. The number of thiophene rings is 2. The molecule has 5 rings (SSSR count). The van der Waals surface area contributed by atoms with Crippen molar-refractivity contribution < 1.29 is 86.3 Å². The molecule has 0 spiro atoms. The van der Waals surface area contributed by atoms with Gasteiger partial charge in [-0.05, 0) is 79.8 Å². The fraction of sp³-hybridized carbons (Fsp3) is 0.517. The molecule has 4 heterocycles. The number of nitrogens with one attached hydrogen (secondary N) is 7. The second kappa shape index (κ2) is 40.0. The van der Waals surface area contributed by atoms with E-state index in [1.807, 2.05) is 0 Å². The Hall–Kier alpha value is -9.73. The molecule has 2 fully saturated rings. The molecule has 0 radical (unpaired) electrons. The summed E-state index contributed by atoms with van der Waals surface area (Å²) in [5, 5.41) is 59.8. The van der Waals surface area contributed by atoms with Gasteiger partial charge in [0.2, 0.25) is 53.2 Å². The van der Waals surface area contributed by atoms with Crippen molar-refractivity contribution in [3.63, 3.8) is 0 Å². The predicted octanol–water partition coefficient (Wildman–Crippen LogP) is -4.99. The van der Waals surface area contributed by atoms with E-state index in [2.05, 4.69) is 52.2 Å². The Labute approximate surface area is 562 Å². The number of carbonyl (C=O) groups is 11. The number of rotatable bonds is 36. The Bertz CT molecular complexity index is 3210. The van der Waals surface area contributed by atoms with Gasteiger partial charge >= 0.3 is 18.1 Å². The van der Waals surface area contributed by atoms with Crippen molar-refractivity contribution in [2.24, 2.45) is 55.1 Å². The van der Waals surface area contributed by atoms with Crippen molar-refractivity contribution in [2.45, 2.75) is 144 Å². The zero-order valence-corrected chi connectivity index (χ0v) is 54.2. The molecule has 25 N–H and O–H groups in total. The van der Waals surface area contributed by atoms with Gasteiger partial charge in [-0.15, -0.1) is 22.7 Å². The highest BCUT2D eigenvalue weighted by Crippen LogP contribution is 2.27. The number of hydrogen-bond donors (Lipinski definition) is 18. The number of aliphatic hydroxyl groups is 2. The summed E-state index contributed by atoms with van der Waals surface area (Å²) < 4.78 is 31.7. The molecule has 0 unspecified atom stereocenters. The molecule has 2 aromatic heterocycles. The number of hydrogen-bond acceptors (Lipinski definition) is 19. The van der Waals surface area contributed by atoms with Crippen LogP contribution in [0.4, 0.5) is 13.2 Å². The van der Waals surface area contributed by atoms with Crippen molar-refractivity contribution in [1.29, 1.82) is 0 Å². The maximum Gasteiger partial charge on any atom is 0.490 e. The zero-order valence-electron chi connectivity index (χ0n) is 52.6. The number of carboxylic acid groups (broad SMARTS) is 2. The van der Waals surface area contributed by atoms with E-state index in [1.165, 1.54) is 27.6 Å². The summed E-state index contributed by atoms with van der Waals surface area (Å²) in [7, 11) is 0. The van der Waals surface area contributed by atoms with Gasteiger partial charge in [0, 0.05) is 68.2 Å². The first-order chi connectivity index (χ1) is 45.9. The van der Waals surface area contributed by atoms with Crippen LogP contribution in [0.5, 0.6) is 0 Å². The van der Waals surface area contributed by atoms with E-state index < -0.39 is 145 Å². The number of benzene rings is 1. The van der Waals surface area contributed by atoms with Crippen LogP contribution in [0.2, 0.25) is 0 Å². The molecule has 0 saturated carbocycles. The summed E-state index contributed by atoms with van der Waals surface area (Å²) in [5.74, 6) is -11.9. The average Bonchev–Trinajstić information content (AvgIpc) is 1.70. The van der Waals surface area contributed by atoms with Crippen molar-refractivity contribution in [3.8, 4) is 0 Å². The minimum absolute atomic E-state index is 0.0584. The summed E-state index contributed by atoms with van der Waals surface area (Å²) in [5.41, 5.74) is 39.2. The van der Waals surface area contributed by atoms with E-state index in [4.69, 9.17) is 50.0 Å². The number of nitrogens with zero attached hydrogens (tertiary/aromatic N) is 5. The first-order valence-electron chi connectivity index (χ1n) is 30.4. The summed E-state index contributed by atoms with van der Waals surface area (Å²) in [6.45, 7) is -1.48. The molecule has 1 aromatic carbocycles. The Morgan fingerprint density at radius 1 is 0.588 bits per heavy atom. The average molecular weight is 1410 g/mol. The Balaban J connectivity index is 0.00000270. The SMILES string of the molecule is NC(N)=NCCC[C@@H](N)C(=O)N[C@@H](CCCN=C(N)N)C(=O)N1CCC[C@H]1C(=O)N1C[C@H](O)C[C@H]1C(=O)NCC(=O)N[C@@H](Cc1cccs1)C(=O)N[C@@H](CO)C(=O)N[C@H](Cc1ccccc1)C(=O)N[C@@H](Cc1cccs1)C(=O)N[C@@H](CCCN=C(N)N)C(=O)O.O=C(O)C(F)(F)F. The topological polar surface area (TPSA) is 579 Å². The van der Waals surface area contributed by atoms with E-state index in [0.29, 0.717) is 28.2 Å². The quantitative estimate of drug-likeness (QED) is 0.0147. The minimum Gasteiger partial charge on any atom is -0.480 e. The van der Waals surface area contributed by atoms with Crippen LogP contribution in [0.25, 0.3) is 0 Å². The number of aliphatic hydroxyl groups excluding tert-OH is 2. The lowest BCUT2D eigenvalue weighted by atomic mass is 10.0. The number of alkyl halides is 3. The Morgan fingerprint density at radius 2 is 1.05 bits per heavy atom. The highest BCUT2D eigenvalue weighted by molar-refractivity contribution is 7.10. The lowest BCUT2D eigenvalue weighted by Crippen LogP contribution is -2.60. The van der Waals surface area contributed by atoms with Crippen LogP contribution in [-0.2, 0) is 72.0 Å². The Morgan fingerprint density at radius 3 is 1.54 bits per heavy atom. The molecule has 9 amide bonds. The second-order valence-corrected chi connectivity index (χ2v) is 24.3. The summed E-state index contributed by atoms with van der Waals surface area (Å²) in [6, 6.07) is 3.33. The molecule has 97 heavy (non-hydrogen) atoms. The summed E-state index contributed by atoms with van der Waals surface area (Å²) in [4.78, 5) is 163. The van der Waals surface area contributed by atoms with Crippen LogP contribution in [0.1, 0.15) is 73.1 Å². The molecule has 3 aromatic rings. The monoisotopic (exact) mass is 1410 g/mol. The van der Waals surface area contributed by atoms with Crippen molar-refractivity contribution in [3.05, 3.63) is 80.7 Å². The zero-order chi connectivity index (χ0) is 71.9. The van der Waals surface area contributed by atoms with E-state index in [-0.39, 0.29) is 115 Å². The van der Waals surface area contributed by atoms with Gasteiger partial charge in [-0.25, -0.2) is 9.59 Å². The van der Waals surface area contributed by atoms with Crippen molar-refractivity contribution in [2.75, 3.05) is 45.9 Å². The summed E-state index contributed by atoms with van der Waals surface area (Å²) >= 11 is 2.53. The fourth-order valence-electron chi connectivity index (χ4n) is 9.99. The van der Waals surface area contributed by atoms with Crippen LogP contribution in [0.15, 0.2) is 80.3 Å². The van der Waals surface area contributed by atoms with Gasteiger partial charge in [-0.3, -0.25) is 58.1 Å². The maximum absolute atomic E-state index is 14.4. The molecular formula is C58H84F3N19O15S2. The lowest BCUT2D eigenvalue weighted by Gasteiger charge is -2.33. The van der Waals surface area contributed by atoms with Gasteiger partial charge in [0.15, 0.2) is 17.9 Å². The molecule has 0 bridgehead atoms. The maximum atomic E-state index is 14.4. The van der Waals surface area contributed by atoms with E-state index in [1.54, 1.807) is 65.4 Å². The molecule has 2 aliphatic heterocycles. The first kappa shape index (κ1) is 79.7. The van der Waals surface area contributed by atoms with Gasteiger partial charge in [0.25, 0.3) is 0 Å². The van der Waals surface area contributed by atoms with Gasteiger partial charge in [0.05, 0.1) is 25.3 Å². The highest BCUT2D eigenvalue weighted by atomic mass is 32.1.